The van der Waals surface area contributed by atoms with Crippen molar-refractivity contribution in [2.24, 2.45) is 0 Å². The molecule has 1 aromatic rings. The fraction of sp³-hybridized carbons (Fsp3) is 0.625. The van der Waals surface area contributed by atoms with Crippen LogP contribution in [0.2, 0.25) is 0 Å². The van der Waals surface area contributed by atoms with E-state index in [1.54, 1.807) is 0 Å². The third kappa shape index (κ3) is 2.99. The first-order valence-electron chi connectivity index (χ1n) is 7.54. The van der Waals surface area contributed by atoms with Gasteiger partial charge in [-0.2, -0.15) is 0 Å². The Balaban J connectivity index is 1.79. The summed E-state index contributed by atoms with van der Waals surface area (Å²) < 4.78 is 0. The standard InChI is InChI=1S/C16H25N3/c1-18-11-12-19(15-7-9-17-10-8-15)16(13-18)14-5-3-2-4-6-14/h2-6,15-17H,7-13H2,1H3/t16-/m0/s1. The van der Waals surface area contributed by atoms with Crippen LogP contribution in [-0.4, -0.2) is 55.6 Å². The molecule has 0 aliphatic carbocycles. The van der Waals surface area contributed by atoms with Crippen molar-refractivity contribution in [2.75, 3.05) is 39.8 Å². The Hall–Kier alpha value is -0.900. The van der Waals surface area contributed by atoms with Crippen LogP contribution < -0.4 is 5.32 Å². The van der Waals surface area contributed by atoms with E-state index in [1.807, 2.05) is 0 Å². The highest BCUT2D eigenvalue weighted by Gasteiger charge is 2.32. The lowest BCUT2D eigenvalue weighted by Gasteiger charge is -2.45. The highest BCUT2D eigenvalue weighted by Crippen LogP contribution is 2.29. The fourth-order valence-electron chi connectivity index (χ4n) is 3.48. The molecule has 2 fully saturated rings. The van der Waals surface area contributed by atoms with E-state index in [2.05, 4.69) is 52.5 Å². The minimum absolute atomic E-state index is 0.572. The van der Waals surface area contributed by atoms with Crippen LogP contribution in [0.5, 0.6) is 0 Å². The van der Waals surface area contributed by atoms with Gasteiger partial charge < -0.3 is 10.2 Å². The van der Waals surface area contributed by atoms with Gasteiger partial charge in [0.05, 0.1) is 0 Å². The molecule has 1 atom stereocenters. The molecule has 0 aromatic heterocycles. The molecule has 0 bridgehead atoms. The Morgan fingerprint density at radius 1 is 1.05 bits per heavy atom. The number of likely N-dealkylation sites (N-methyl/N-ethyl adjacent to an activating group) is 1. The summed E-state index contributed by atoms with van der Waals surface area (Å²) in [7, 11) is 2.25. The Labute approximate surface area is 116 Å². The third-order valence-electron chi connectivity index (χ3n) is 4.59. The van der Waals surface area contributed by atoms with Crippen molar-refractivity contribution < 1.29 is 0 Å². The topological polar surface area (TPSA) is 18.5 Å². The van der Waals surface area contributed by atoms with Crippen molar-refractivity contribution >= 4 is 0 Å². The Kier molecular flexibility index (Phi) is 4.16. The second-order valence-corrected chi connectivity index (χ2v) is 5.91. The van der Waals surface area contributed by atoms with E-state index in [-0.39, 0.29) is 0 Å². The Bertz CT molecular complexity index is 386. The first kappa shape index (κ1) is 13.1. The predicted octanol–water partition coefficient (Wildman–Crippen LogP) is 1.73. The molecule has 104 valence electrons. The fourth-order valence-corrected chi connectivity index (χ4v) is 3.48. The molecule has 2 aliphatic heterocycles. The van der Waals surface area contributed by atoms with Crippen LogP contribution in [0.4, 0.5) is 0 Å². The van der Waals surface area contributed by atoms with Crippen LogP contribution in [0, 0.1) is 0 Å². The van der Waals surface area contributed by atoms with Crippen molar-refractivity contribution in [3.63, 3.8) is 0 Å². The monoisotopic (exact) mass is 259 g/mol. The Morgan fingerprint density at radius 3 is 2.53 bits per heavy atom. The summed E-state index contributed by atoms with van der Waals surface area (Å²) in [6, 6.07) is 12.4. The molecule has 3 rings (SSSR count). The molecule has 0 amide bonds. The maximum Gasteiger partial charge on any atom is 0.0478 e. The maximum absolute atomic E-state index is 3.48. The second kappa shape index (κ2) is 6.04. The van der Waals surface area contributed by atoms with Gasteiger partial charge in [0, 0.05) is 31.7 Å². The van der Waals surface area contributed by atoms with Gasteiger partial charge >= 0.3 is 0 Å². The molecule has 2 aliphatic rings. The molecule has 0 spiro atoms. The molecule has 0 unspecified atom stereocenters. The van der Waals surface area contributed by atoms with Crippen LogP contribution >= 0.6 is 0 Å². The van der Waals surface area contributed by atoms with Gasteiger partial charge in [-0.05, 0) is 38.5 Å². The van der Waals surface area contributed by atoms with Crippen molar-refractivity contribution in [1.82, 2.24) is 15.1 Å². The zero-order chi connectivity index (χ0) is 13.1. The number of piperazine rings is 1. The van der Waals surface area contributed by atoms with Gasteiger partial charge in [0.15, 0.2) is 0 Å². The number of rotatable bonds is 2. The van der Waals surface area contributed by atoms with Gasteiger partial charge in [-0.25, -0.2) is 0 Å². The summed E-state index contributed by atoms with van der Waals surface area (Å²) in [4.78, 5) is 5.23. The van der Waals surface area contributed by atoms with Gasteiger partial charge in [-0.1, -0.05) is 30.3 Å². The van der Waals surface area contributed by atoms with Crippen LogP contribution in [0.15, 0.2) is 30.3 Å². The number of hydrogen-bond donors (Lipinski definition) is 1. The van der Waals surface area contributed by atoms with E-state index in [4.69, 9.17) is 0 Å². The van der Waals surface area contributed by atoms with Crippen LogP contribution in [-0.2, 0) is 0 Å². The second-order valence-electron chi connectivity index (χ2n) is 5.91. The first-order chi connectivity index (χ1) is 9.34. The summed E-state index contributed by atoms with van der Waals surface area (Å²) in [6.45, 7) is 5.93. The van der Waals surface area contributed by atoms with E-state index >= 15 is 0 Å². The predicted molar refractivity (Wildman–Crippen MR) is 79.3 cm³/mol. The van der Waals surface area contributed by atoms with Crippen molar-refractivity contribution in [1.29, 1.82) is 0 Å². The van der Waals surface area contributed by atoms with Gasteiger partial charge in [-0.3, -0.25) is 4.90 Å². The van der Waals surface area contributed by atoms with Crippen molar-refractivity contribution in [2.45, 2.75) is 24.9 Å². The molecular weight excluding hydrogens is 234 g/mol. The molecule has 3 nitrogen and oxygen atoms in total. The lowest BCUT2D eigenvalue weighted by atomic mass is 9.96. The molecule has 3 heteroatoms. The van der Waals surface area contributed by atoms with Crippen LogP contribution in [0.25, 0.3) is 0 Å². The summed E-state index contributed by atoms with van der Waals surface area (Å²) in [5.74, 6) is 0. The lowest BCUT2D eigenvalue weighted by Crippen LogP contribution is -2.53. The van der Waals surface area contributed by atoms with Crippen molar-refractivity contribution in [3.05, 3.63) is 35.9 Å². The van der Waals surface area contributed by atoms with E-state index in [1.165, 1.54) is 44.6 Å². The largest absolute Gasteiger partial charge is 0.317 e. The SMILES string of the molecule is CN1CCN(C2CCNCC2)[C@H](c2ccccc2)C1. The third-order valence-corrected chi connectivity index (χ3v) is 4.59. The number of hydrogen-bond acceptors (Lipinski definition) is 3. The average molecular weight is 259 g/mol. The number of benzene rings is 1. The molecule has 2 saturated heterocycles. The van der Waals surface area contributed by atoms with Crippen LogP contribution in [0.3, 0.4) is 0 Å². The summed E-state index contributed by atoms with van der Waals surface area (Å²) in [5.41, 5.74) is 1.48. The summed E-state index contributed by atoms with van der Waals surface area (Å²) >= 11 is 0. The summed E-state index contributed by atoms with van der Waals surface area (Å²) in [6.07, 6.45) is 2.60. The zero-order valence-corrected chi connectivity index (χ0v) is 11.9. The highest BCUT2D eigenvalue weighted by molar-refractivity contribution is 5.20. The minimum atomic E-state index is 0.572. The average Bonchev–Trinajstić information content (AvgIpc) is 2.49. The zero-order valence-electron chi connectivity index (χ0n) is 11.9. The molecular formula is C16H25N3. The van der Waals surface area contributed by atoms with Crippen molar-refractivity contribution in [3.8, 4) is 0 Å². The highest BCUT2D eigenvalue weighted by atomic mass is 15.3. The van der Waals surface area contributed by atoms with E-state index < -0.39 is 0 Å². The lowest BCUT2D eigenvalue weighted by molar-refractivity contribution is 0.0391. The van der Waals surface area contributed by atoms with E-state index in [0.29, 0.717) is 6.04 Å². The quantitative estimate of drug-likeness (QED) is 0.872. The molecule has 19 heavy (non-hydrogen) atoms. The van der Waals surface area contributed by atoms with E-state index in [0.717, 1.165) is 12.6 Å². The molecule has 1 aromatic carbocycles. The smallest absolute Gasteiger partial charge is 0.0478 e. The molecule has 1 N–H and O–H groups in total. The minimum Gasteiger partial charge on any atom is -0.317 e. The Morgan fingerprint density at radius 2 is 1.79 bits per heavy atom. The molecule has 0 saturated carbocycles. The van der Waals surface area contributed by atoms with Gasteiger partial charge in [-0.15, -0.1) is 0 Å². The normalized spacial score (nSPS) is 27.5. The van der Waals surface area contributed by atoms with Gasteiger partial charge in [0.1, 0.15) is 0 Å². The molecule has 2 heterocycles. The molecule has 0 radical (unpaired) electrons. The number of piperidine rings is 1. The summed E-state index contributed by atoms with van der Waals surface area (Å²) in [5, 5.41) is 3.48. The van der Waals surface area contributed by atoms with Gasteiger partial charge in [0.25, 0.3) is 0 Å². The first-order valence-corrected chi connectivity index (χ1v) is 7.54. The van der Waals surface area contributed by atoms with Gasteiger partial charge in [0.2, 0.25) is 0 Å². The number of nitrogens with zero attached hydrogens (tertiary/aromatic N) is 2. The van der Waals surface area contributed by atoms with E-state index in [9.17, 15) is 0 Å². The van der Waals surface area contributed by atoms with Crippen LogP contribution in [0.1, 0.15) is 24.4 Å². The maximum atomic E-state index is 3.48. The number of nitrogens with one attached hydrogen (secondary N) is 1.